The van der Waals surface area contributed by atoms with Crippen molar-refractivity contribution < 1.29 is 19.7 Å². The zero-order valence-corrected chi connectivity index (χ0v) is 11.8. The topological polar surface area (TPSA) is 156 Å². The number of carbonyl (C=O) groups is 1. The summed E-state index contributed by atoms with van der Waals surface area (Å²) < 4.78 is 5.99. The van der Waals surface area contributed by atoms with E-state index in [1.807, 2.05) is 0 Å². The maximum Gasteiger partial charge on any atom is 0.285 e. The van der Waals surface area contributed by atoms with Crippen LogP contribution in [0.2, 0.25) is 6.32 Å². The molecule has 0 bridgehead atoms. The molecule has 5 N–H and O–H groups in total. The molecule has 0 aliphatic carbocycles. The molecule has 0 aromatic carbocycles. The highest BCUT2D eigenvalue weighted by atomic mass is 16.8. The molecule has 117 valence electrons. The summed E-state index contributed by atoms with van der Waals surface area (Å²) in [7, 11) is 1.41. The van der Waals surface area contributed by atoms with Crippen LogP contribution in [-0.2, 0) is 9.53 Å². The summed E-state index contributed by atoms with van der Waals surface area (Å²) >= 11 is 0. The number of hydrogen-bond acceptors (Lipinski definition) is 8. The molecule has 0 aliphatic heterocycles. The standard InChI is InChI=1S/C11H15BN5O5/c1-2-22-11(20,21)3-6(18)4-12-17-5-14-7-8(17)15-10(13)16-9(7)19/h5,20-21H,2-4H2,1H3,(H3,13,15,16,19). The van der Waals surface area contributed by atoms with Crippen LogP contribution in [0.5, 0.6) is 0 Å². The van der Waals surface area contributed by atoms with E-state index < -0.39 is 23.7 Å². The van der Waals surface area contributed by atoms with E-state index in [1.165, 1.54) is 18.2 Å². The third-order valence-electron chi connectivity index (χ3n) is 2.77. The smallest absolute Gasteiger partial charge is 0.285 e. The molecule has 11 heteroatoms. The number of aromatic amines is 1. The Hall–Kier alpha value is -2.24. The Morgan fingerprint density at radius 3 is 3.00 bits per heavy atom. The van der Waals surface area contributed by atoms with E-state index in [-0.39, 0.29) is 30.0 Å². The third kappa shape index (κ3) is 3.69. The molecule has 0 unspecified atom stereocenters. The summed E-state index contributed by atoms with van der Waals surface area (Å²) in [4.78, 5) is 33.4. The van der Waals surface area contributed by atoms with Gasteiger partial charge in [-0.2, -0.15) is 4.98 Å². The van der Waals surface area contributed by atoms with Crippen LogP contribution in [0, 0.1) is 0 Å². The third-order valence-corrected chi connectivity index (χ3v) is 2.77. The Kier molecular flexibility index (Phi) is 4.59. The van der Waals surface area contributed by atoms with E-state index in [9.17, 15) is 19.8 Å². The maximum atomic E-state index is 11.7. The van der Waals surface area contributed by atoms with Crippen molar-refractivity contribution in [2.45, 2.75) is 25.6 Å². The van der Waals surface area contributed by atoms with Crippen LogP contribution in [-0.4, -0.2) is 55.4 Å². The van der Waals surface area contributed by atoms with Gasteiger partial charge in [0.05, 0.1) is 12.7 Å². The molecule has 2 heterocycles. The first-order chi connectivity index (χ1) is 10.3. The Labute approximate surface area is 125 Å². The molecule has 0 saturated carbocycles. The number of nitrogens with one attached hydrogen (secondary N) is 1. The lowest BCUT2D eigenvalue weighted by molar-refractivity contribution is -0.333. The van der Waals surface area contributed by atoms with Crippen LogP contribution in [0.3, 0.4) is 0 Å². The van der Waals surface area contributed by atoms with Crippen molar-refractivity contribution in [3.8, 4) is 0 Å². The van der Waals surface area contributed by atoms with Crippen molar-refractivity contribution >= 4 is 30.3 Å². The molecule has 22 heavy (non-hydrogen) atoms. The molecule has 1 radical (unpaired) electrons. The highest BCUT2D eigenvalue weighted by molar-refractivity contribution is 6.41. The lowest BCUT2D eigenvalue weighted by Gasteiger charge is -2.19. The van der Waals surface area contributed by atoms with E-state index in [0.717, 1.165) is 0 Å². The SMILES string of the molecule is CCOC(O)(O)CC(=O)C[B]n1cnc2c(=O)[nH]c(N)nc21. The number of anilines is 1. The molecule has 0 amide bonds. The van der Waals surface area contributed by atoms with Crippen LogP contribution in [0.1, 0.15) is 13.3 Å². The first-order valence-corrected chi connectivity index (χ1v) is 6.48. The van der Waals surface area contributed by atoms with Gasteiger partial charge in [0.15, 0.2) is 11.2 Å². The normalized spacial score (nSPS) is 11.8. The van der Waals surface area contributed by atoms with E-state index in [2.05, 4.69) is 19.7 Å². The van der Waals surface area contributed by atoms with Crippen molar-refractivity contribution in [2.24, 2.45) is 0 Å². The summed E-state index contributed by atoms with van der Waals surface area (Å²) in [6, 6.07) is 0. The Morgan fingerprint density at radius 2 is 2.32 bits per heavy atom. The molecular weight excluding hydrogens is 293 g/mol. The highest BCUT2D eigenvalue weighted by Crippen LogP contribution is 2.11. The number of nitrogens with two attached hydrogens (primary N) is 1. The van der Waals surface area contributed by atoms with Gasteiger partial charge in [-0.15, -0.1) is 0 Å². The minimum absolute atomic E-state index is 0.0577. The van der Waals surface area contributed by atoms with Gasteiger partial charge in [-0.3, -0.25) is 9.78 Å². The van der Waals surface area contributed by atoms with Gasteiger partial charge in [0.1, 0.15) is 5.78 Å². The first kappa shape index (κ1) is 16.1. The van der Waals surface area contributed by atoms with Crippen molar-refractivity contribution in [3.05, 3.63) is 16.7 Å². The molecular formula is C11H15BN5O5. The number of ketones is 1. The highest BCUT2D eigenvalue weighted by Gasteiger charge is 2.27. The van der Waals surface area contributed by atoms with Gasteiger partial charge >= 0.3 is 0 Å². The van der Waals surface area contributed by atoms with Crippen molar-refractivity contribution in [3.63, 3.8) is 0 Å². The number of nitrogen functional groups attached to an aromatic ring is 1. The fourth-order valence-electron chi connectivity index (χ4n) is 1.89. The van der Waals surface area contributed by atoms with Gasteiger partial charge in [0.2, 0.25) is 5.95 Å². The predicted molar refractivity (Wildman–Crippen MR) is 76.9 cm³/mol. The van der Waals surface area contributed by atoms with E-state index in [4.69, 9.17) is 5.73 Å². The van der Waals surface area contributed by atoms with Gasteiger partial charge in [-0.1, -0.05) is 0 Å². The number of rotatable bonds is 7. The molecule has 2 aromatic heterocycles. The minimum atomic E-state index is -2.49. The molecule has 0 aliphatic rings. The monoisotopic (exact) mass is 308 g/mol. The van der Waals surface area contributed by atoms with Crippen LogP contribution < -0.4 is 11.3 Å². The van der Waals surface area contributed by atoms with Crippen LogP contribution in [0.25, 0.3) is 11.2 Å². The van der Waals surface area contributed by atoms with Crippen molar-refractivity contribution in [2.75, 3.05) is 12.3 Å². The van der Waals surface area contributed by atoms with E-state index >= 15 is 0 Å². The number of fused-ring (bicyclic) bond motifs is 1. The number of ether oxygens (including phenoxy) is 1. The summed E-state index contributed by atoms with van der Waals surface area (Å²) in [5, 5.41) is 18.8. The summed E-state index contributed by atoms with van der Waals surface area (Å²) in [5.74, 6) is -3.03. The molecule has 2 rings (SSSR count). The molecule has 0 fully saturated rings. The number of carbonyl (C=O) groups excluding carboxylic acids is 1. The molecule has 0 spiro atoms. The molecule has 2 aromatic rings. The lowest BCUT2D eigenvalue weighted by atomic mass is 9.84. The molecule has 10 nitrogen and oxygen atoms in total. The van der Waals surface area contributed by atoms with Gasteiger partial charge in [0, 0.05) is 12.9 Å². The number of Topliss-reactive ketones (excluding diaryl/α,β-unsaturated/α-hetero) is 1. The fourth-order valence-corrected chi connectivity index (χ4v) is 1.89. The number of hydrogen-bond donors (Lipinski definition) is 4. The predicted octanol–water partition coefficient (Wildman–Crippen LogP) is -1.78. The summed E-state index contributed by atoms with van der Waals surface area (Å²) in [6.07, 6.45) is 0.600. The Balaban J connectivity index is 2.06. The van der Waals surface area contributed by atoms with Crippen molar-refractivity contribution in [1.82, 2.24) is 19.4 Å². The van der Waals surface area contributed by atoms with Crippen LogP contribution >= 0.6 is 0 Å². The second kappa shape index (κ2) is 6.26. The lowest BCUT2D eigenvalue weighted by Crippen LogP contribution is -2.35. The molecule has 0 atom stereocenters. The quantitative estimate of drug-likeness (QED) is 0.345. The van der Waals surface area contributed by atoms with E-state index in [1.54, 1.807) is 6.92 Å². The second-order valence-corrected chi connectivity index (χ2v) is 4.55. The maximum absolute atomic E-state index is 11.7. The number of imidazole rings is 1. The van der Waals surface area contributed by atoms with Gasteiger partial charge < -0.3 is 30.0 Å². The van der Waals surface area contributed by atoms with Crippen molar-refractivity contribution in [1.29, 1.82) is 0 Å². The Morgan fingerprint density at radius 1 is 1.59 bits per heavy atom. The van der Waals surface area contributed by atoms with Gasteiger partial charge in [-0.05, 0) is 6.92 Å². The number of nitrogens with zero attached hydrogens (tertiary/aromatic N) is 3. The minimum Gasteiger partial charge on any atom is -0.369 e. The van der Waals surface area contributed by atoms with Gasteiger partial charge in [0.25, 0.3) is 18.9 Å². The zero-order valence-electron chi connectivity index (χ0n) is 11.8. The van der Waals surface area contributed by atoms with E-state index in [0.29, 0.717) is 0 Å². The number of H-pyrrole nitrogens is 1. The zero-order chi connectivity index (χ0) is 16.3. The average molecular weight is 308 g/mol. The van der Waals surface area contributed by atoms with Crippen LogP contribution in [0.15, 0.2) is 11.1 Å². The number of aliphatic hydroxyl groups is 2. The number of aromatic nitrogens is 4. The largest absolute Gasteiger partial charge is 0.369 e. The van der Waals surface area contributed by atoms with Gasteiger partial charge in [-0.25, -0.2) is 4.98 Å². The first-order valence-electron chi connectivity index (χ1n) is 6.48. The fraction of sp³-hybridized carbons (Fsp3) is 0.455. The summed E-state index contributed by atoms with van der Waals surface area (Å²) in [5.41, 5.74) is 5.27. The van der Waals surface area contributed by atoms with Crippen LogP contribution in [0.4, 0.5) is 5.95 Å². The second-order valence-electron chi connectivity index (χ2n) is 4.55. The Bertz CT molecular complexity index is 740. The summed E-state index contributed by atoms with van der Waals surface area (Å²) in [6.45, 7) is 1.63. The molecule has 0 saturated heterocycles. The average Bonchev–Trinajstić information content (AvgIpc) is 2.78.